The number of hydrogen-bond donors (Lipinski definition) is 1. The first-order valence-electron chi connectivity index (χ1n) is 7.79. The maximum Gasteiger partial charge on any atom is 0.0503 e. The van der Waals surface area contributed by atoms with Gasteiger partial charge in [-0.3, -0.25) is 4.90 Å². The molecule has 1 atom stereocenters. The van der Waals surface area contributed by atoms with Crippen LogP contribution in [0.25, 0.3) is 0 Å². The molecule has 0 amide bonds. The van der Waals surface area contributed by atoms with Gasteiger partial charge in [0, 0.05) is 44.9 Å². The number of hydrogen-bond acceptors (Lipinski definition) is 4. The second kappa shape index (κ2) is 6.53. The highest BCUT2D eigenvalue weighted by atomic mass is 16.5. The molecule has 0 bridgehead atoms. The molecule has 0 aromatic rings. The number of methoxy groups -OCH3 is 1. The van der Waals surface area contributed by atoms with Crippen molar-refractivity contribution in [1.29, 1.82) is 0 Å². The largest absolute Gasteiger partial charge is 0.384 e. The third kappa shape index (κ3) is 3.30. The van der Waals surface area contributed by atoms with E-state index in [-0.39, 0.29) is 5.54 Å². The molecule has 0 spiro atoms. The Morgan fingerprint density at radius 2 is 1.95 bits per heavy atom. The van der Waals surface area contributed by atoms with E-state index in [4.69, 9.17) is 10.5 Å². The second-order valence-corrected chi connectivity index (χ2v) is 6.61. The van der Waals surface area contributed by atoms with Gasteiger partial charge in [0.15, 0.2) is 0 Å². The quantitative estimate of drug-likeness (QED) is 0.813. The molecule has 4 heteroatoms. The highest BCUT2D eigenvalue weighted by Gasteiger charge is 2.42. The first kappa shape index (κ1) is 15.2. The Hall–Kier alpha value is -0.160. The molecule has 112 valence electrons. The standard InChI is InChI=1S/C15H31N3O/c1-13(2)17-8-5-15(12-16,6-9-17)18-7-4-14(10-18)11-19-3/h13-14H,4-12,16H2,1-3H3. The van der Waals surface area contributed by atoms with E-state index in [0.717, 1.165) is 13.2 Å². The van der Waals surface area contributed by atoms with Crippen LogP contribution in [-0.2, 0) is 4.74 Å². The van der Waals surface area contributed by atoms with Crippen LogP contribution in [0.5, 0.6) is 0 Å². The summed E-state index contributed by atoms with van der Waals surface area (Å²) < 4.78 is 5.31. The van der Waals surface area contributed by atoms with Crippen molar-refractivity contribution < 1.29 is 4.74 Å². The number of ether oxygens (including phenoxy) is 1. The van der Waals surface area contributed by atoms with Gasteiger partial charge in [-0.25, -0.2) is 0 Å². The summed E-state index contributed by atoms with van der Waals surface area (Å²) >= 11 is 0. The van der Waals surface area contributed by atoms with Gasteiger partial charge in [0.25, 0.3) is 0 Å². The number of piperidine rings is 1. The van der Waals surface area contributed by atoms with Crippen LogP contribution in [0.2, 0.25) is 0 Å². The summed E-state index contributed by atoms with van der Waals surface area (Å²) in [5, 5.41) is 0. The van der Waals surface area contributed by atoms with Gasteiger partial charge in [0.05, 0.1) is 6.61 Å². The average Bonchev–Trinajstić information content (AvgIpc) is 2.88. The third-order valence-corrected chi connectivity index (χ3v) is 5.20. The Labute approximate surface area is 118 Å². The van der Waals surface area contributed by atoms with Crippen molar-refractivity contribution in [2.45, 2.75) is 44.7 Å². The van der Waals surface area contributed by atoms with Crippen LogP contribution in [0.4, 0.5) is 0 Å². The van der Waals surface area contributed by atoms with Crippen molar-refractivity contribution in [3.63, 3.8) is 0 Å². The van der Waals surface area contributed by atoms with Crippen molar-refractivity contribution in [2.24, 2.45) is 11.7 Å². The van der Waals surface area contributed by atoms with Crippen LogP contribution in [-0.4, -0.2) is 67.8 Å². The summed E-state index contributed by atoms with van der Waals surface area (Å²) in [6, 6.07) is 0.663. The van der Waals surface area contributed by atoms with E-state index in [9.17, 15) is 0 Å². The van der Waals surface area contributed by atoms with Crippen LogP contribution < -0.4 is 5.73 Å². The van der Waals surface area contributed by atoms with E-state index < -0.39 is 0 Å². The van der Waals surface area contributed by atoms with E-state index in [1.54, 1.807) is 0 Å². The summed E-state index contributed by atoms with van der Waals surface area (Å²) in [4.78, 5) is 5.24. The Morgan fingerprint density at radius 3 is 2.47 bits per heavy atom. The van der Waals surface area contributed by atoms with E-state index >= 15 is 0 Å². The third-order valence-electron chi connectivity index (χ3n) is 5.20. The average molecular weight is 269 g/mol. The van der Waals surface area contributed by atoms with Gasteiger partial charge in [-0.1, -0.05) is 0 Å². The fourth-order valence-electron chi connectivity index (χ4n) is 3.74. The van der Waals surface area contributed by atoms with Gasteiger partial charge in [-0.2, -0.15) is 0 Å². The smallest absolute Gasteiger partial charge is 0.0503 e. The zero-order valence-electron chi connectivity index (χ0n) is 12.9. The van der Waals surface area contributed by atoms with Gasteiger partial charge < -0.3 is 15.4 Å². The zero-order valence-corrected chi connectivity index (χ0v) is 12.9. The lowest BCUT2D eigenvalue weighted by Crippen LogP contribution is -2.59. The normalized spacial score (nSPS) is 29.2. The lowest BCUT2D eigenvalue weighted by molar-refractivity contribution is 0.0278. The molecule has 2 fully saturated rings. The van der Waals surface area contributed by atoms with Crippen molar-refractivity contribution >= 4 is 0 Å². The number of nitrogens with two attached hydrogens (primary N) is 1. The Kier molecular flexibility index (Phi) is 5.23. The Balaban J connectivity index is 1.93. The molecule has 2 saturated heterocycles. The molecule has 2 N–H and O–H groups in total. The molecular weight excluding hydrogens is 238 g/mol. The number of rotatable bonds is 5. The lowest BCUT2D eigenvalue weighted by Gasteiger charge is -2.48. The molecule has 0 aliphatic carbocycles. The summed E-state index contributed by atoms with van der Waals surface area (Å²) in [5.41, 5.74) is 6.43. The summed E-state index contributed by atoms with van der Waals surface area (Å²) in [6.45, 7) is 11.0. The van der Waals surface area contributed by atoms with Crippen molar-refractivity contribution in [3.8, 4) is 0 Å². The molecule has 2 aliphatic rings. The van der Waals surface area contributed by atoms with Crippen molar-refractivity contribution in [1.82, 2.24) is 9.80 Å². The molecule has 0 saturated carbocycles. The SMILES string of the molecule is COCC1CCN(C2(CN)CCN(C(C)C)CC2)C1. The van der Waals surface area contributed by atoms with Crippen LogP contribution >= 0.6 is 0 Å². The van der Waals surface area contributed by atoms with Crippen LogP contribution in [0.3, 0.4) is 0 Å². The predicted molar refractivity (Wildman–Crippen MR) is 79.3 cm³/mol. The highest BCUT2D eigenvalue weighted by molar-refractivity contribution is 4.99. The maximum absolute atomic E-state index is 6.17. The van der Waals surface area contributed by atoms with Gasteiger partial charge in [-0.15, -0.1) is 0 Å². The van der Waals surface area contributed by atoms with Crippen LogP contribution in [0.15, 0.2) is 0 Å². The van der Waals surface area contributed by atoms with Gasteiger partial charge in [-0.05, 0) is 45.6 Å². The van der Waals surface area contributed by atoms with E-state index in [1.165, 1.54) is 45.4 Å². The highest BCUT2D eigenvalue weighted by Crippen LogP contribution is 2.33. The summed E-state index contributed by atoms with van der Waals surface area (Å²) in [5.74, 6) is 0.705. The molecule has 2 rings (SSSR count). The molecule has 2 heterocycles. The first-order chi connectivity index (χ1) is 9.11. The fraction of sp³-hybridized carbons (Fsp3) is 1.00. The number of likely N-dealkylation sites (tertiary alicyclic amines) is 2. The monoisotopic (exact) mass is 269 g/mol. The van der Waals surface area contributed by atoms with Crippen molar-refractivity contribution in [3.05, 3.63) is 0 Å². The minimum atomic E-state index is 0.258. The van der Waals surface area contributed by atoms with Gasteiger partial charge >= 0.3 is 0 Å². The molecule has 1 unspecified atom stereocenters. The molecule has 0 aromatic carbocycles. The van der Waals surface area contributed by atoms with Crippen molar-refractivity contribution in [2.75, 3.05) is 46.4 Å². The predicted octanol–water partition coefficient (Wildman–Crippen LogP) is 1.16. The molecule has 19 heavy (non-hydrogen) atoms. The second-order valence-electron chi connectivity index (χ2n) is 6.61. The Morgan fingerprint density at radius 1 is 1.26 bits per heavy atom. The van der Waals surface area contributed by atoms with E-state index in [1.807, 2.05) is 7.11 Å². The molecule has 4 nitrogen and oxygen atoms in total. The van der Waals surface area contributed by atoms with Gasteiger partial charge in [0.2, 0.25) is 0 Å². The summed E-state index contributed by atoms with van der Waals surface area (Å²) in [6.07, 6.45) is 3.71. The van der Waals surface area contributed by atoms with E-state index in [2.05, 4.69) is 23.6 Å². The van der Waals surface area contributed by atoms with Gasteiger partial charge in [0.1, 0.15) is 0 Å². The maximum atomic E-state index is 6.17. The molecule has 0 radical (unpaired) electrons. The lowest BCUT2D eigenvalue weighted by atomic mass is 9.85. The van der Waals surface area contributed by atoms with Crippen LogP contribution in [0, 0.1) is 5.92 Å². The topological polar surface area (TPSA) is 41.7 Å². The zero-order chi connectivity index (χ0) is 13.9. The number of nitrogens with zero attached hydrogens (tertiary/aromatic N) is 2. The molecule has 2 aliphatic heterocycles. The van der Waals surface area contributed by atoms with E-state index in [0.29, 0.717) is 12.0 Å². The molecule has 0 aromatic heterocycles. The Bertz CT molecular complexity index is 275. The fourth-order valence-corrected chi connectivity index (χ4v) is 3.74. The first-order valence-corrected chi connectivity index (χ1v) is 7.79. The molecular formula is C15H31N3O. The minimum absolute atomic E-state index is 0.258. The van der Waals surface area contributed by atoms with Crippen LogP contribution in [0.1, 0.15) is 33.1 Å². The minimum Gasteiger partial charge on any atom is -0.384 e. The summed E-state index contributed by atoms with van der Waals surface area (Å²) in [7, 11) is 1.81.